The van der Waals surface area contributed by atoms with E-state index in [9.17, 15) is 14.3 Å². The molecule has 196 valence electrons. The van der Waals surface area contributed by atoms with Crippen LogP contribution in [-0.4, -0.2) is 46.0 Å². The van der Waals surface area contributed by atoms with Crippen LogP contribution in [0.15, 0.2) is 60.0 Å². The van der Waals surface area contributed by atoms with E-state index in [2.05, 4.69) is 51.5 Å². The molecule has 5 rings (SSSR count). The number of phenolic OH excluding ortho intramolecular Hbond substituents is 1. The van der Waals surface area contributed by atoms with Gasteiger partial charge in [-0.15, -0.1) is 11.3 Å². The highest BCUT2D eigenvalue weighted by Crippen LogP contribution is 2.33. The second kappa shape index (κ2) is 11.0. The smallest absolute Gasteiger partial charge is 0.270 e. The maximum atomic E-state index is 14.1. The molecule has 0 unspecified atom stereocenters. The lowest BCUT2D eigenvalue weighted by molar-refractivity contribution is 0.0937. The summed E-state index contributed by atoms with van der Waals surface area (Å²) in [5.41, 5.74) is 5.23. The molecule has 2 N–H and O–H groups in total. The Bertz CT molecular complexity index is 1450. The summed E-state index contributed by atoms with van der Waals surface area (Å²) < 4.78 is 14.1. The predicted molar refractivity (Wildman–Crippen MR) is 148 cm³/mol. The molecule has 6 nitrogen and oxygen atoms in total. The number of rotatable bonds is 6. The summed E-state index contributed by atoms with van der Waals surface area (Å²) >= 11 is 1.34. The zero-order chi connectivity index (χ0) is 26.8. The second-order valence-corrected chi connectivity index (χ2v) is 10.9. The third-order valence-electron chi connectivity index (χ3n) is 7.08. The molecule has 1 saturated heterocycles. The van der Waals surface area contributed by atoms with Crippen molar-refractivity contribution < 1.29 is 14.3 Å². The van der Waals surface area contributed by atoms with E-state index in [-0.39, 0.29) is 17.0 Å². The van der Waals surface area contributed by atoms with E-state index in [0.717, 1.165) is 42.8 Å². The first-order valence-electron chi connectivity index (χ1n) is 12.8. The lowest BCUT2D eigenvalue weighted by atomic mass is 9.88. The number of hydrogen-bond donors (Lipinski definition) is 2. The van der Waals surface area contributed by atoms with E-state index in [1.807, 2.05) is 25.3 Å². The Morgan fingerprint density at radius 2 is 1.76 bits per heavy atom. The van der Waals surface area contributed by atoms with Crippen LogP contribution in [0.2, 0.25) is 0 Å². The molecule has 38 heavy (non-hydrogen) atoms. The number of nitrogens with one attached hydrogen (secondary N) is 1. The van der Waals surface area contributed by atoms with Gasteiger partial charge in [0.15, 0.2) is 0 Å². The number of benzene rings is 2. The molecule has 4 aromatic rings. The molecule has 1 atom stereocenters. The van der Waals surface area contributed by atoms with Crippen molar-refractivity contribution in [2.45, 2.75) is 38.6 Å². The minimum absolute atomic E-state index is 0.118. The Hall–Kier alpha value is -3.62. The highest BCUT2D eigenvalue weighted by molar-refractivity contribution is 7.09. The van der Waals surface area contributed by atoms with Crippen molar-refractivity contribution in [1.82, 2.24) is 20.2 Å². The Kier molecular flexibility index (Phi) is 7.53. The number of amides is 1. The van der Waals surface area contributed by atoms with Crippen LogP contribution in [0.3, 0.4) is 0 Å². The average molecular weight is 531 g/mol. The summed E-state index contributed by atoms with van der Waals surface area (Å²) in [6.45, 7) is 5.93. The molecule has 0 saturated carbocycles. The highest BCUT2D eigenvalue weighted by Gasteiger charge is 2.25. The van der Waals surface area contributed by atoms with Gasteiger partial charge in [-0.1, -0.05) is 24.3 Å². The number of likely N-dealkylation sites (tertiary alicyclic amines) is 1. The fraction of sp³-hybridized carbons (Fsp3) is 0.300. The molecule has 2 aromatic heterocycles. The van der Waals surface area contributed by atoms with Crippen molar-refractivity contribution in [1.29, 1.82) is 0 Å². The van der Waals surface area contributed by atoms with Gasteiger partial charge in [0, 0.05) is 22.3 Å². The lowest BCUT2D eigenvalue weighted by Crippen LogP contribution is -2.30. The van der Waals surface area contributed by atoms with Gasteiger partial charge < -0.3 is 15.3 Å². The van der Waals surface area contributed by atoms with Gasteiger partial charge >= 0.3 is 0 Å². The minimum Gasteiger partial charge on any atom is -0.508 e. The van der Waals surface area contributed by atoms with Crippen LogP contribution in [0, 0.1) is 19.7 Å². The Morgan fingerprint density at radius 3 is 2.45 bits per heavy atom. The lowest BCUT2D eigenvalue weighted by Gasteiger charge is -2.29. The number of halogens is 1. The van der Waals surface area contributed by atoms with Gasteiger partial charge in [-0.05, 0) is 99.8 Å². The van der Waals surface area contributed by atoms with E-state index in [4.69, 9.17) is 0 Å². The number of nitrogens with zero attached hydrogens (tertiary/aromatic N) is 3. The Morgan fingerprint density at radius 1 is 1.03 bits per heavy atom. The predicted octanol–water partition coefficient (Wildman–Crippen LogP) is 6.00. The summed E-state index contributed by atoms with van der Waals surface area (Å²) in [6, 6.07) is 15.2. The number of pyridine rings is 1. The van der Waals surface area contributed by atoms with E-state index in [1.54, 1.807) is 6.07 Å². The van der Waals surface area contributed by atoms with Crippen molar-refractivity contribution in [2.75, 3.05) is 20.1 Å². The maximum Gasteiger partial charge on any atom is 0.270 e. The molecule has 1 aliphatic rings. The first-order valence-corrected chi connectivity index (χ1v) is 13.6. The molecular formula is C30H31FN4O2S. The van der Waals surface area contributed by atoms with E-state index in [0.29, 0.717) is 16.6 Å². The molecule has 0 radical (unpaired) electrons. The molecule has 1 amide bonds. The molecule has 3 heterocycles. The van der Waals surface area contributed by atoms with Crippen molar-refractivity contribution in [3.63, 3.8) is 0 Å². The quantitative estimate of drug-likeness (QED) is 0.320. The molecule has 1 fully saturated rings. The van der Waals surface area contributed by atoms with Crippen LogP contribution in [0.5, 0.6) is 5.75 Å². The molecule has 0 bridgehead atoms. The van der Waals surface area contributed by atoms with Crippen LogP contribution in [0.1, 0.15) is 62.8 Å². The van der Waals surface area contributed by atoms with E-state index >= 15 is 0 Å². The topological polar surface area (TPSA) is 78.4 Å². The first-order chi connectivity index (χ1) is 18.3. The minimum atomic E-state index is -0.823. The third-order valence-corrected chi connectivity index (χ3v) is 8.11. The van der Waals surface area contributed by atoms with Gasteiger partial charge in [-0.3, -0.25) is 4.79 Å². The fourth-order valence-corrected chi connectivity index (χ4v) is 5.84. The molecule has 8 heteroatoms. The van der Waals surface area contributed by atoms with E-state index in [1.165, 1.54) is 35.1 Å². The maximum absolute atomic E-state index is 14.1. The average Bonchev–Trinajstić information content (AvgIpc) is 3.34. The number of aromatic nitrogens is 2. The van der Waals surface area contributed by atoms with Crippen molar-refractivity contribution in [3.05, 3.63) is 99.0 Å². The summed E-state index contributed by atoms with van der Waals surface area (Å²) in [4.78, 5) is 24.8. The van der Waals surface area contributed by atoms with Crippen LogP contribution >= 0.6 is 11.3 Å². The number of piperidine rings is 1. The Labute approximate surface area is 226 Å². The highest BCUT2D eigenvalue weighted by atomic mass is 32.1. The van der Waals surface area contributed by atoms with Gasteiger partial charge in [0.05, 0.1) is 0 Å². The standard InChI is InChI=1S/C30H31FN4O2S/c1-18-14-23(21-6-4-20(5-7-21)22-10-12-35(3)13-11-22)15-26(32-18)29(37)34-28(30-33-19(2)17-38-30)25-16-24(31)8-9-27(25)36/h4-9,14-17,22,28,36H,10-13H2,1-3H3,(H,34,37)/t28-/m0/s1. The van der Waals surface area contributed by atoms with E-state index < -0.39 is 17.8 Å². The number of carbonyl (C=O) groups is 1. The summed E-state index contributed by atoms with van der Waals surface area (Å²) in [7, 11) is 2.17. The first kappa shape index (κ1) is 26.0. The monoisotopic (exact) mass is 530 g/mol. The number of aromatic hydroxyl groups is 1. The third kappa shape index (κ3) is 5.76. The van der Waals surface area contributed by atoms with Crippen LogP contribution in [0.4, 0.5) is 4.39 Å². The van der Waals surface area contributed by atoms with Gasteiger partial charge in [0.25, 0.3) is 5.91 Å². The number of hydrogen-bond acceptors (Lipinski definition) is 6. The normalized spacial score (nSPS) is 15.4. The number of carbonyl (C=O) groups excluding carboxylic acids is 1. The van der Waals surface area contributed by atoms with Crippen LogP contribution in [0.25, 0.3) is 11.1 Å². The summed E-state index contributed by atoms with van der Waals surface area (Å²) in [6.07, 6.45) is 2.32. The van der Waals surface area contributed by atoms with Gasteiger partial charge in [-0.25, -0.2) is 14.4 Å². The largest absolute Gasteiger partial charge is 0.508 e. The molecular weight excluding hydrogens is 499 g/mol. The fourth-order valence-electron chi connectivity index (χ4n) is 4.98. The molecule has 0 spiro atoms. The summed E-state index contributed by atoms with van der Waals surface area (Å²) in [5, 5.41) is 15.8. The molecule has 1 aliphatic heterocycles. The van der Waals surface area contributed by atoms with Crippen LogP contribution < -0.4 is 5.32 Å². The molecule has 0 aliphatic carbocycles. The zero-order valence-corrected chi connectivity index (χ0v) is 22.6. The summed E-state index contributed by atoms with van der Waals surface area (Å²) in [5.74, 6) is -0.483. The van der Waals surface area contributed by atoms with Crippen molar-refractivity contribution >= 4 is 17.2 Å². The number of phenols is 1. The number of thiazole rings is 1. The second-order valence-electron chi connectivity index (χ2n) is 10.0. The van der Waals surface area contributed by atoms with Crippen molar-refractivity contribution in [3.8, 4) is 16.9 Å². The van der Waals surface area contributed by atoms with Gasteiger partial charge in [0.1, 0.15) is 28.3 Å². The number of aryl methyl sites for hydroxylation is 2. The van der Waals surface area contributed by atoms with Gasteiger partial charge in [0.2, 0.25) is 0 Å². The van der Waals surface area contributed by atoms with Crippen molar-refractivity contribution in [2.24, 2.45) is 0 Å². The SMILES string of the molecule is Cc1cc(-c2ccc(C3CCN(C)CC3)cc2)cc(C(=O)N[C@H](c2nc(C)cs2)c2cc(F)ccc2O)n1. The van der Waals surface area contributed by atoms with Crippen LogP contribution in [-0.2, 0) is 0 Å². The zero-order valence-electron chi connectivity index (χ0n) is 21.7. The Balaban J connectivity index is 1.41. The van der Waals surface area contributed by atoms with Gasteiger partial charge in [-0.2, -0.15) is 0 Å². The molecule has 2 aromatic carbocycles.